The van der Waals surface area contributed by atoms with Gasteiger partial charge in [-0.15, -0.1) is 10.2 Å². The SMILES string of the molecule is Cn1cnnc1C(c1cccc(C#N)c1)c1cc2c3c(c1)c(-c1cccc(Cl)c1)cc(=O)n3CC2. The van der Waals surface area contributed by atoms with E-state index in [1.165, 1.54) is 0 Å². The maximum absolute atomic E-state index is 13.0. The highest BCUT2D eigenvalue weighted by molar-refractivity contribution is 6.30. The van der Waals surface area contributed by atoms with Gasteiger partial charge in [0.25, 0.3) is 5.56 Å². The molecule has 0 aliphatic carbocycles. The molecule has 0 spiro atoms. The third-order valence-electron chi connectivity index (χ3n) is 6.73. The van der Waals surface area contributed by atoms with Gasteiger partial charge in [0.2, 0.25) is 0 Å². The second-order valence-electron chi connectivity index (χ2n) is 8.85. The lowest BCUT2D eigenvalue weighted by atomic mass is 9.86. The number of benzene rings is 3. The molecule has 1 atom stereocenters. The van der Waals surface area contributed by atoms with Crippen LogP contribution < -0.4 is 5.56 Å². The minimum atomic E-state index is -0.232. The van der Waals surface area contributed by atoms with Gasteiger partial charge in [-0.1, -0.05) is 41.9 Å². The Morgan fingerprint density at radius 3 is 2.69 bits per heavy atom. The van der Waals surface area contributed by atoms with Crippen LogP contribution in [0, 0.1) is 11.3 Å². The van der Waals surface area contributed by atoms with Crippen LogP contribution in [-0.2, 0) is 20.0 Å². The van der Waals surface area contributed by atoms with Crippen molar-refractivity contribution in [2.24, 2.45) is 7.05 Å². The molecule has 0 bridgehead atoms. The second kappa shape index (κ2) is 8.23. The Morgan fingerprint density at radius 2 is 1.91 bits per heavy atom. The van der Waals surface area contributed by atoms with Gasteiger partial charge in [0.1, 0.15) is 12.2 Å². The summed E-state index contributed by atoms with van der Waals surface area (Å²) >= 11 is 6.31. The number of hydrogen-bond donors (Lipinski definition) is 0. The van der Waals surface area contributed by atoms with E-state index in [2.05, 4.69) is 28.4 Å². The summed E-state index contributed by atoms with van der Waals surface area (Å²) in [6.45, 7) is 0.655. The first-order chi connectivity index (χ1) is 17.0. The first kappa shape index (κ1) is 21.3. The molecule has 0 radical (unpaired) electrons. The quantitative estimate of drug-likeness (QED) is 0.362. The predicted molar refractivity (Wildman–Crippen MR) is 135 cm³/mol. The van der Waals surface area contributed by atoms with Crippen LogP contribution >= 0.6 is 11.6 Å². The van der Waals surface area contributed by atoms with Crippen LogP contribution in [0.3, 0.4) is 0 Å². The number of rotatable bonds is 4. The molecule has 3 heterocycles. The molecule has 3 aromatic carbocycles. The van der Waals surface area contributed by atoms with E-state index in [-0.39, 0.29) is 11.5 Å². The van der Waals surface area contributed by atoms with Crippen molar-refractivity contribution in [2.75, 3.05) is 0 Å². The monoisotopic (exact) mass is 477 g/mol. The summed E-state index contributed by atoms with van der Waals surface area (Å²) in [5.41, 5.74) is 6.44. The van der Waals surface area contributed by atoms with Gasteiger partial charge >= 0.3 is 0 Å². The minimum absolute atomic E-state index is 0.00875. The Balaban J connectivity index is 1.66. The molecule has 7 heteroatoms. The fraction of sp³-hybridized carbons (Fsp3) is 0.143. The smallest absolute Gasteiger partial charge is 0.251 e. The number of halogens is 1. The molecule has 170 valence electrons. The molecule has 35 heavy (non-hydrogen) atoms. The molecule has 6 nitrogen and oxygen atoms in total. The van der Waals surface area contributed by atoms with Crippen LogP contribution in [0.15, 0.2) is 77.9 Å². The van der Waals surface area contributed by atoms with Crippen LogP contribution in [0.25, 0.3) is 22.0 Å². The molecule has 0 fully saturated rings. The highest BCUT2D eigenvalue weighted by Gasteiger charge is 2.26. The van der Waals surface area contributed by atoms with Crippen LogP contribution in [0.4, 0.5) is 0 Å². The fourth-order valence-corrected chi connectivity index (χ4v) is 5.36. The summed E-state index contributed by atoms with van der Waals surface area (Å²) in [4.78, 5) is 13.0. The molecule has 1 aliphatic rings. The van der Waals surface area contributed by atoms with Gasteiger partial charge < -0.3 is 9.13 Å². The van der Waals surface area contributed by atoms with Crippen molar-refractivity contribution in [3.8, 4) is 17.2 Å². The topological polar surface area (TPSA) is 76.5 Å². The number of nitriles is 1. The van der Waals surface area contributed by atoms with Gasteiger partial charge in [0.05, 0.1) is 23.1 Å². The predicted octanol–water partition coefficient (Wildman–Crippen LogP) is 5.06. The standard InChI is InChI=1S/C28H20ClN5O/c1-33-16-31-32-28(33)26(19-6-2-4-17(10-19)15-30)21-11-20-8-9-34-25(35)14-23(24(13-21)27(20)34)18-5-3-7-22(29)12-18/h2-7,10-14,16,26H,8-9H2,1H3. The number of hydrogen-bond acceptors (Lipinski definition) is 4. The van der Waals surface area contributed by atoms with Gasteiger partial charge in [-0.2, -0.15) is 5.26 Å². The highest BCUT2D eigenvalue weighted by atomic mass is 35.5. The van der Waals surface area contributed by atoms with Gasteiger partial charge in [0.15, 0.2) is 0 Å². The summed E-state index contributed by atoms with van der Waals surface area (Å²) in [7, 11) is 1.92. The van der Waals surface area contributed by atoms with E-state index in [0.717, 1.165) is 51.0 Å². The first-order valence-corrected chi connectivity index (χ1v) is 11.7. The van der Waals surface area contributed by atoms with Crippen LogP contribution in [0.5, 0.6) is 0 Å². The van der Waals surface area contributed by atoms with Crippen LogP contribution in [-0.4, -0.2) is 19.3 Å². The van der Waals surface area contributed by atoms with E-state index >= 15 is 0 Å². The zero-order valence-electron chi connectivity index (χ0n) is 18.9. The molecule has 1 unspecified atom stereocenters. The maximum Gasteiger partial charge on any atom is 0.251 e. The summed E-state index contributed by atoms with van der Waals surface area (Å²) < 4.78 is 3.77. The third kappa shape index (κ3) is 3.52. The van der Waals surface area contributed by atoms with Crippen molar-refractivity contribution in [1.82, 2.24) is 19.3 Å². The molecule has 0 N–H and O–H groups in total. The molecule has 0 saturated heterocycles. The summed E-state index contributed by atoms with van der Waals surface area (Å²) in [6, 6.07) is 23.5. The molecular weight excluding hydrogens is 458 g/mol. The third-order valence-corrected chi connectivity index (χ3v) is 6.97. The highest BCUT2D eigenvalue weighted by Crippen LogP contribution is 2.39. The van der Waals surface area contributed by atoms with Crippen molar-refractivity contribution < 1.29 is 0 Å². The van der Waals surface area contributed by atoms with Gasteiger partial charge in [-0.05, 0) is 64.6 Å². The van der Waals surface area contributed by atoms with Crippen molar-refractivity contribution in [3.05, 3.63) is 117 Å². The van der Waals surface area contributed by atoms with Crippen molar-refractivity contribution >= 4 is 22.5 Å². The maximum atomic E-state index is 13.0. The lowest BCUT2D eigenvalue weighted by molar-refractivity contribution is 0.741. The molecule has 0 saturated carbocycles. The molecule has 2 aromatic heterocycles. The number of aryl methyl sites for hydroxylation is 3. The molecule has 5 aromatic rings. The number of aromatic nitrogens is 4. The van der Waals surface area contributed by atoms with Crippen molar-refractivity contribution in [3.63, 3.8) is 0 Å². The zero-order valence-corrected chi connectivity index (χ0v) is 19.7. The van der Waals surface area contributed by atoms with E-state index in [0.29, 0.717) is 17.1 Å². The van der Waals surface area contributed by atoms with Gasteiger partial charge in [-0.3, -0.25) is 4.79 Å². The normalized spacial score (nSPS) is 13.2. The number of pyridine rings is 1. The second-order valence-corrected chi connectivity index (χ2v) is 9.29. The molecule has 0 amide bonds. The Bertz CT molecular complexity index is 1730. The molecular formula is C28H20ClN5O. The van der Waals surface area contributed by atoms with E-state index in [1.54, 1.807) is 18.5 Å². The largest absolute Gasteiger partial charge is 0.320 e. The van der Waals surface area contributed by atoms with Gasteiger partial charge in [0, 0.05) is 30.1 Å². The van der Waals surface area contributed by atoms with Crippen LogP contribution in [0.1, 0.15) is 34.0 Å². The molecule has 6 rings (SSSR count). The van der Waals surface area contributed by atoms with Crippen molar-refractivity contribution in [1.29, 1.82) is 5.26 Å². The average Bonchev–Trinajstić information content (AvgIpc) is 3.49. The summed E-state index contributed by atoms with van der Waals surface area (Å²) in [5, 5.41) is 19.7. The lowest BCUT2D eigenvalue weighted by Gasteiger charge is -2.20. The molecule has 1 aliphatic heterocycles. The van der Waals surface area contributed by atoms with E-state index in [1.807, 2.05) is 58.6 Å². The van der Waals surface area contributed by atoms with E-state index < -0.39 is 0 Å². The van der Waals surface area contributed by atoms with Crippen molar-refractivity contribution in [2.45, 2.75) is 18.9 Å². The van der Waals surface area contributed by atoms with Gasteiger partial charge in [-0.25, -0.2) is 0 Å². The van der Waals surface area contributed by atoms with Crippen LogP contribution in [0.2, 0.25) is 5.02 Å². The first-order valence-electron chi connectivity index (χ1n) is 11.3. The zero-order chi connectivity index (χ0) is 24.1. The van der Waals surface area contributed by atoms with E-state index in [4.69, 9.17) is 11.6 Å². The fourth-order valence-electron chi connectivity index (χ4n) is 5.17. The Hall–Kier alpha value is -4.21. The summed E-state index contributed by atoms with van der Waals surface area (Å²) in [6.07, 6.45) is 2.47. The lowest BCUT2D eigenvalue weighted by Crippen LogP contribution is -2.17. The Labute approximate surface area is 206 Å². The minimum Gasteiger partial charge on any atom is -0.320 e. The Kier molecular flexibility index (Phi) is 5.01. The average molecular weight is 478 g/mol. The van der Waals surface area contributed by atoms with E-state index in [9.17, 15) is 10.1 Å². The Morgan fingerprint density at radius 1 is 1.06 bits per heavy atom. The summed E-state index contributed by atoms with van der Waals surface area (Å²) in [5.74, 6) is 0.548. The number of nitrogens with zero attached hydrogens (tertiary/aromatic N) is 5.